The summed E-state index contributed by atoms with van der Waals surface area (Å²) in [5.74, 6) is 0. The first kappa shape index (κ1) is 18.2. The zero-order valence-electron chi connectivity index (χ0n) is 12.6. The highest BCUT2D eigenvalue weighted by Gasteiger charge is 1.90. The second kappa shape index (κ2) is 13.7. The lowest BCUT2D eigenvalue weighted by Gasteiger charge is -1.99. The molecule has 0 spiro atoms. The van der Waals surface area contributed by atoms with Gasteiger partial charge in [0.25, 0.3) is 0 Å². The minimum absolute atomic E-state index is 0.914. The SMILES string of the molecule is C=O.CCCCNCCCC.c1ccc2n[nH]nc2c1. The lowest BCUT2D eigenvalue weighted by Crippen LogP contribution is -2.15. The van der Waals surface area contributed by atoms with Gasteiger partial charge in [0, 0.05) is 0 Å². The third-order valence-corrected chi connectivity index (χ3v) is 2.64. The largest absolute Gasteiger partial charge is 0.317 e. The third kappa shape index (κ3) is 8.37. The van der Waals surface area contributed by atoms with Gasteiger partial charge in [-0.25, -0.2) is 0 Å². The summed E-state index contributed by atoms with van der Waals surface area (Å²) in [4.78, 5) is 8.00. The molecule has 0 bridgehead atoms. The van der Waals surface area contributed by atoms with Crippen molar-refractivity contribution in [1.82, 2.24) is 20.7 Å². The van der Waals surface area contributed by atoms with Crippen LogP contribution in [0, 0.1) is 0 Å². The van der Waals surface area contributed by atoms with Crippen LogP contribution in [0.5, 0.6) is 0 Å². The Labute approximate surface area is 121 Å². The molecule has 2 N–H and O–H groups in total. The number of carbonyl (C=O) groups excluding carboxylic acids is 1. The normalized spacial score (nSPS) is 9.30. The van der Waals surface area contributed by atoms with Crippen molar-refractivity contribution in [3.63, 3.8) is 0 Å². The van der Waals surface area contributed by atoms with Crippen molar-refractivity contribution in [3.8, 4) is 0 Å². The van der Waals surface area contributed by atoms with E-state index in [1.165, 1.54) is 38.8 Å². The van der Waals surface area contributed by atoms with E-state index in [0.29, 0.717) is 0 Å². The van der Waals surface area contributed by atoms with Crippen molar-refractivity contribution in [2.24, 2.45) is 0 Å². The molecule has 2 rings (SSSR count). The second-order valence-electron chi connectivity index (χ2n) is 4.27. The Balaban J connectivity index is 0.000000321. The molecule has 0 aliphatic rings. The molecule has 1 heterocycles. The molecule has 2 aromatic rings. The summed E-state index contributed by atoms with van der Waals surface area (Å²) in [5, 5.41) is 13.7. The van der Waals surface area contributed by atoms with Crippen LogP contribution in [-0.4, -0.2) is 35.3 Å². The number of benzene rings is 1. The molecule has 0 atom stereocenters. The highest BCUT2D eigenvalue weighted by Crippen LogP contribution is 2.03. The van der Waals surface area contributed by atoms with Crippen LogP contribution in [0.4, 0.5) is 0 Å². The predicted molar refractivity (Wildman–Crippen MR) is 83.7 cm³/mol. The van der Waals surface area contributed by atoms with Crippen molar-refractivity contribution >= 4 is 17.8 Å². The van der Waals surface area contributed by atoms with Gasteiger partial charge in [0.15, 0.2) is 0 Å². The molecule has 0 fully saturated rings. The van der Waals surface area contributed by atoms with E-state index in [-0.39, 0.29) is 0 Å². The molecular formula is C15H26N4O. The van der Waals surface area contributed by atoms with Crippen molar-refractivity contribution in [2.45, 2.75) is 39.5 Å². The number of carbonyl (C=O) groups is 1. The molecule has 0 aliphatic heterocycles. The first-order valence-corrected chi connectivity index (χ1v) is 7.13. The molecule has 20 heavy (non-hydrogen) atoms. The zero-order chi connectivity index (χ0) is 15.1. The smallest absolute Gasteiger partial charge is 0.112 e. The van der Waals surface area contributed by atoms with E-state index >= 15 is 0 Å². The molecule has 0 amide bonds. The summed E-state index contributed by atoms with van der Waals surface area (Å²) in [7, 11) is 0. The van der Waals surface area contributed by atoms with Crippen LogP contribution >= 0.6 is 0 Å². The summed E-state index contributed by atoms with van der Waals surface area (Å²) in [6, 6.07) is 7.70. The standard InChI is InChI=1S/C8H19N.C6H5N3.CH2O/c1-3-5-7-9-8-6-4-2;1-2-4-6-5(3-1)7-9-8-6;1-2/h9H,3-8H2,1-2H3;1-4H,(H,7,8,9);1H2. The van der Waals surface area contributed by atoms with Gasteiger partial charge < -0.3 is 10.1 Å². The fraction of sp³-hybridized carbons (Fsp3) is 0.533. The van der Waals surface area contributed by atoms with Gasteiger partial charge in [-0.3, -0.25) is 0 Å². The van der Waals surface area contributed by atoms with Gasteiger partial charge in [-0.2, -0.15) is 15.4 Å². The summed E-state index contributed by atoms with van der Waals surface area (Å²) >= 11 is 0. The van der Waals surface area contributed by atoms with Crippen LogP contribution in [0.25, 0.3) is 11.0 Å². The molecule has 5 heteroatoms. The number of unbranched alkanes of at least 4 members (excludes halogenated alkanes) is 2. The summed E-state index contributed by atoms with van der Waals surface area (Å²) in [6.07, 6.45) is 5.26. The minimum Gasteiger partial charge on any atom is -0.317 e. The fourth-order valence-electron chi connectivity index (χ4n) is 1.51. The van der Waals surface area contributed by atoms with Crippen molar-refractivity contribution < 1.29 is 4.79 Å². The number of fused-ring (bicyclic) bond motifs is 1. The summed E-state index contributed by atoms with van der Waals surface area (Å²) in [5.41, 5.74) is 1.83. The lowest BCUT2D eigenvalue weighted by molar-refractivity contribution is -0.0979. The Morgan fingerprint density at radius 1 is 1.00 bits per heavy atom. The maximum atomic E-state index is 8.00. The number of para-hydroxylation sites is 2. The molecule has 0 aliphatic carbocycles. The van der Waals surface area contributed by atoms with E-state index < -0.39 is 0 Å². The molecule has 0 saturated heterocycles. The quantitative estimate of drug-likeness (QED) is 0.797. The highest BCUT2D eigenvalue weighted by molar-refractivity contribution is 5.72. The van der Waals surface area contributed by atoms with Crippen LogP contribution < -0.4 is 5.32 Å². The van der Waals surface area contributed by atoms with Crippen LogP contribution in [-0.2, 0) is 4.79 Å². The number of rotatable bonds is 6. The van der Waals surface area contributed by atoms with Gasteiger partial charge in [-0.15, -0.1) is 0 Å². The lowest BCUT2D eigenvalue weighted by atomic mass is 10.3. The van der Waals surface area contributed by atoms with E-state index in [0.717, 1.165) is 11.0 Å². The molecule has 5 nitrogen and oxygen atoms in total. The Kier molecular flexibility index (Phi) is 12.5. The van der Waals surface area contributed by atoms with E-state index in [4.69, 9.17) is 4.79 Å². The number of H-pyrrole nitrogens is 1. The monoisotopic (exact) mass is 278 g/mol. The number of aromatic amines is 1. The van der Waals surface area contributed by atoms with Gasteiger partial charge in [0.05, 0.1) is 0 Å². The Morgan fingerprint density at radius 3 is 1.85 bits per heavy atom. The van der Waals surface area contributed by atoms with Crippen molar-refractivity contribution in [2.75, 3.05) is 13.1 Å². The van der Waals surface area contributed by atoms with Crippen molar-refractivity contribution in [3.05, 3.63) is 24.3 Å². The molecule has 1 aromatic heterocycles. The summed E-state index contributed by atoms with van der Waals surface area (Å²) < 4.78 is 0. The van der Waals surface area contributed by atoms with Crippen LogP contribution in [0.1, 0.15) is 39.5 Å². The van der Waals surface area contributed by atoms with Gasteiger partial charge in [-0.1, -0.05) is 38.8 Å². The zero-order valence-corrected chi connectivity index (χ0v) is 12.6. The Morgan fingerprint density at radius 2 is 1.45 bits per heavy atom. The average molecular weight is 278 g/mol. The maximum Gasteiger partial charge on any atom is 0.112 e. The van der Waals surface area contributed by atoms with Gasteiger partial charge >= 0.3 is 0 Å². The number of hydrogen-bond acceptors (Lipinski definition) is 4. The highest BCUT2D eigenvalue weighted by atomic mass is 16.1. The third-order valence-electron chi connectivity index (χ3n) is 2.64. The molecule has 0 radical (unpaired) electrons. The Bertz CT molecular complexity index is 394. The van der Waals surface area contributed by atoms with Crippen LogP contribution in [0.3, 0.4) is 0 Å². The van der Waals surface area contributed by atoms with Gasteiger partial charge in [-0.05, 0) is 38.1 Å². The Hall–Kier alpha value is -1.75. The average Bonchev–Trinajstić information content (AvgIpc) is 2.98. The van der Waals surface area contributed by atoms with Crippen LogP contribution in [0.15, 0.2) is 24.3 Å². The first-order chi connectivity index (χ1) is 9.88. The molecule has 0 saturated carbocycles. The fourth-order valence-corrected chi connectivity index (χ4v) is 1.51. The van der Waals surface area contributed by atoms with E-state index in [9.17, 15) is 0 Å². The number of nitrogens with zero attached hydrogens (tertiary/aromatic N) is 2. The van der Waals surface area contributed by atoms with Crippen LogP contribution in [0.2, 0.25) is 0 Å². The molecule has 1 aromatic carbocycles. The number of aromatic nitrogens is 3. The molecule has 0 unspecified atom stereocenters. The number of nitrogens with one attached hydrogen (secondary N) is 2. The molecule has 112 valence electrons. The van der Waals surface area contributed by atoms with Gasteiger partial charge in [0.1, 0.15) is 17.8 Å². The van der Waals surface area contributed by atoms with E-state index in [1.807, 2.05) is 31.1 Å². The second-order valence-corrected chi connectivity index (χ2v) is 4.27. The molecular weight excluding hydrogens is 252 g/mol. The van der Waals surface area contributed by atoms with Crippen molar-refractivity contribution in [1.29, 1.82) is 0 Å². The topological polar surface area (TPSA) is 70.7 Å². The predicted octanol–water partition coefficient (Wildman–Crippen LogP) is 2.95. The first-order valence-electron chi connectivity index (χ1n) is 7.13. The van der Waals surface area contributed by atoms with E-state index in [1.54, 1.807) is 0 Å². The summed E-state index contributed by atoms with van der Waals surface area (Å²) in [6.45, 7) is 8.86. The number of hydrogen-bond donors (Lipinski definition) is 2. The maximum absolute atomic E-state index is 8.00. The minimum atomic E-state index is 0.914. The van der Waals surface area contributed by atoms with E-state index in [2.05, 4.69) is 34.6 Å². The van der Waals surface area contributed by atoms with Gasteiger partial charge in [0.2, 0.25) is 0 Å².